The Hall–Kier alpha value is -0.100. The molecule has 0 aliphatic heterocycles. The number of rotatable bonds is 12. The van der Waals surface area contributed by atoms with Crippen LogP contribution in [0.4, 0.5) is 0 Å². The Morgan fingerprint density at radius 3 is 2.44 bits per heavy atom. The summed E-state index contributed by atoms with van der Waals surface area (Å²) in [6, 6.07) is 0. The zero-order chi connectivity index (χ0) is 23.2. The molecule has 0 aromatic rings. The van der Waals surface area contributed by atoms with Crippen molar-refractivity contribution in [2.75, 3.05) is 19.8 Å². The van der Waals surface area contributed by atoms with Gasteiger partial charge in [-0.1, -0.05) is 40.5 Å². The smallest absolute Gasteiger partial charge is 0.139 e. The minimum absolute atomic E-state index is 0.173. The van der Waals surface area contributed by atoms with E-state index >= 15 is 0 Å². The topological polar surface area (TPSA) is 44.8 Å². The molecule has 5 heteroatoms. The van der Waals surface area contributed by atoms with E-state index in [4.69, 9.17) is 13.7 Å². The lowest BCUT2D eigenvalue weighted by Gasteiger charge is -2.56. The summed E-state index contributed by atoms with van der Waals surface area (Å²) >= 11 is 4.18. The highest BCUT2D eigenvalue weighted by atomic mass is 32.1. The van der Waals surface area contributed by atoms with Gasteiger partial charge in [0.25, 0.3) is 0 Å². The van der Waals surface area contributed by atoms with Crippen LogP contribution in [0.3, 0.4) is 0 Å². The average Bonchev–Trinajstić information content (AvgIpc) is 3.09. The predicted octanol–water partition coefficient (Wildman–Crippen LogP) is 6.81. The molecule has 0 saturated heterocycles. The Bertz CT molecular complexity index is 598. The van der Waals surface area contributed by atoms with Crippen LogP contribution < -0.4 is 0 Å². The van der Waals surface area contributed by atoms with Crippen molar-refractivity contribution in [3.8, 4) is 0 Å². The zero-order valence-corrected chi connectivity index (χ0v) is 22.0. The number of hydrogen-bond acceptors (Lipinski definition) is 5. The lowest BCUT2D eigenvalue weighted by Crippen LogP contribution is -2.54. The van der Waals surface area contributed by atoms with Gasteiger partial charge in [0.2, 0.25) is 0 Å². The van der Waals surface area contributed by atoms with Crippen LogP contribution in [0.2, 0.25) is 0 Å². The molecule has 3 aliphatic rings. The van der Waals surface area contributed by atoms with Gasteiger partial charge in [0.15, 0.2) is 0 Å². The molecule has 3 saturated carbocycles. The molecule has 3 aliphatic carbocycles. The number of carbonyl (C=O) groups is 1. The van der Waals surface area contributed by atoms with Crippen molar-refractivity contribution in [1.29, 1.82) is 0 Å². The lowest BCUT2D eigenvalue weighted by molar-refractivity contribution is -0.158. The van der Waals surface area contributed by atoms with Crippen LogP contribution in [-0.2, 0) is 18.5 Å². The van der Waals surface area contributed by atoms with Crippen molar-refractivity contribution >= 4 is 18.7 Å². The third-order valence-electron chi connectivity index (χ3n) is 9.45. The summed E-state index contributed by atoms with van der Waals surface area (Å²) in [5, 5.41) is 0. The average molecular weight is 469 g/mol. The molecule has 0 aromatic carbocycles. The first-order valence-electron chi connectivity index (χ1n) is 13.4. The zero-order valence-electron chi connectivity index (χ0n) is 21.1. The van der Waals surface area contributed by atoms with E-state index in [0.717, 1.165) is 90.4 Å². The van der Waals surface area contributed by atoms with E-state index in [1.807, 2.05) is 0 Å². The van der Waals surface area contributed by atoms with Crippen LogP contribution in [0.5, 0.6) is 0 Å². The quantitative estimate of drug-likeness (QED) is 0.194. The highest BCUT2D eigenvalue weighted by molar-refractivity contribution is 7.75. The van der Waals surface area contributed by atoms with Crippen LogP contribution in [0.25, 0.3) is 0 Å². The van der Waals surface area contributed by atoms with Crippen molar-refractivity contribution in [1.82, 2.24) is 0 Å². The van der Waals surface area contributed by atoms with Crippen molar-refractivity contribution in [3.63, 3.8) is 0 Å². The number of thiol groups is 1. The van der Waals surface area contributed by atoms with E-state index in [-0.39, 0.29) is 23.0 Å². The molecule has 186 valence electrons. The fraction of sp³-hybridized carbons (Fsp3) is 0.963. The lowest BCUT2D eigenvalue weighted by atomic mass is 9.51. The van der Waals surface area contributed by atoms with E-state index in [0.29, 0.717) is 23.5 Å². The Morgan fingerprint density at radius 1 is 0.969 bits per heavy atom. The number of carbonyl (C=O) groups excluding carboxylic acids is 1. The Balaban J connectivity index is 1.79. The van der Waals surface area contributed by atoms with Crippen molar-refractivity contribution in [2.24, 2.45) is 28.6 Å². The Morgan fingerprint density at radius 2 is 1.72 bits per heavy atom. The second-order valence-electron chi connectivity index (χ2n) is 11.3. The Labute approximate surface area is 202 Å². The van der Waals surface area contributed by atoms with Crippen molar-refractivity contribution in [3.05, 3.63) is 0 Å². The first-order valence-corrected chi connectivity index (χ1v) is 13.8. The number of fused-ring (bicyclic) bond motifs is 1. The van der Waals surface area contributed by atoms with Gasteiger partial charge in [0, 0.05) is 31.7 Å². The third-order valence-corrected chi connectivity index (χ3v) is 9.75. The Kier molecular flexibility index (Phi) is 9.97. The minimum Gasteiger partial charge on any atom is -0.381 e. The van der Waals surface area contributed by atoms with E-state index in [2.05, 4.69) is 40.6 Å². The normalized spacial score (nSPS) is 39.9. The van der Waals surface area contributed by atoms with Crippen LogP contribution in [0.15, 0.2) is 0 Å². The SMILES string of the molecule is CCCCOCC[C@H]1C[C@@H](OS)CC[C@]1(C)[C@H]1CC[C@]2(C)C(=O)CC[C@H]2[C@@H]1OCCCC. The maximum Gasteiger partial charge on any atom is 0.139 e. The van der Waals surface area contributed by atoms with Crippen LogP contribution in [0.1, 0.15) is 105 Å². The van der Waals surface area contributed by atoms with Gasteiger partial charge >= 0.3 is 0 Å². The summed E-state index contributed by atoms with van der Waals surface area (Å²) in [6.07, 6.45) is 13.2. The summed E-state index contributed by atoms with van der Waals surface area (Å²) in [5.41, 5.74) is 0.0225. The second-order valence-corrected chi connectivity index (χ2v) is 11.5. The maximum absolute atomic E-state index is 12.8. The van der Waals surface area contributed by atoms with Gasteiger partial charge in [-0.15, -0.1) is 0 Å². The standard InChI is InChI=1S/C27H48O4S/c1-5-7-16-29-18-13-20-19-21(31-32)11-14-26(20,3)23-12-15-27(4)22(9-10-24(27)28)25(23)30-17-8-6-2/h20-23,25,32H,5-19H2,1-4H3/t20-,21-,22-,23-,25-,26-,27-/m0/s1. The van der Waals surface area contributed by atoms with Gasteiger partial charge in [-0.05, 0) is 93.9 Å². The molecule has 0 radical (unpaired) electrons. The molecule has 0 amide bonds. The summed E-state index contributed by atoms with van der Waals surface area (Å²) in [7, 11) is 0. The highest BCUT2D eigenvalue weighted by Gasteiger charge is 2.59. The fourth-order valence-corrected chi connectivity index (χ4v) is 7.33. The van der Waals surface area contributed by atoms with E-state index < -0.39 is 0 Å². The number of ether oxygens (including phenoxy) is 2. The molecular weight excluding hydrogens is 420 g/mol. The molecule has 3 rings (SSSR count). The monoisotopic (exact) mass is 468 g/mol. The summed E-state index contributed by atoms with van der Waals surface area (Å²) in [6.45, 7) is 11.7. The number of unbranched alkanes of at least 4 members (excludes halogenated alkanes) is 2. The van der Waals surface area contributed by atoms with Crippen LogP contribution in [0, 0.1) is 28.6 Å². The van der Waals surface area contributed by atoms with Gasteiger partial charge in [-0.3, -0.25) is 4.79 Å². The number of ketones is 1. The second kappa shape index (κ2) is 12.0. The summed E-state index contributed by atoms with van der Waals surface area (Å²) in [4.78, 5) is 12.8. The van der Waals surface area contributed by atoms with Crippen LogP contribution in [-0.4, -0.2) is 37.8 Å². The minimum atomic E-state index is -0.173. The molecule has 0 heterocycles. The summed E-state index contributed by atoms with van der Waals surface area (Å²) < 4.78 is 18.2. The third kappa shape index (κ3) is 5.58. The van der Waals surface area contributed by atoms with E-state index in [1.165, 1.54) is 6.42 Å². The predicted molar refractivity (Wildman–Crippen MR) is 133 cm³/mol. The summed E-state index contributed by atoms with van der Waals surface area (Å²) in [5.74, 6) is 1.90. The molecule has 0 unspecified atom stereocenters. The highest BCUT2D eigenvalue weighted by Crippen LogP contribution is 2.60. The molecule has 32 heavy (non-hydrogen) atoms. The molecule has 0 N–H and O–H groups in total. The molecule has 0 aromatic heterocycles. The molecule has 3 fully saturated rings. The van der Waals surface area contributed by atoms with Crippen molar-refractivity contribution in [2.45, 2.75) is 117 Å². The maximum atomic E-state index is 12.8. The largest absolute Gasteiger partial charge is 0.381 e. The van der Waals surface area contributed by atoms with Gasteiger partial charge in [-0.2, -0.15) is 0 Å². The molecule has 0 bridgehead atoms. The van der Waals surface area contributed by atoms with Gasteiger partial charge < -0.3 is 13.7 Å². The molecule has 0 spiro atoms. The van der Waals surface area contributed by atoms with Gasteiger partial charge in [0.1, 0.15) is 5.78 Å². The number of hydrogen-bond donors (Lipinski definition) is 1. The van der Waals surface area contributed by atoms with Gasteiger partial charge in [0.05, 0.1) is 12.2 Å². The molecular formula is C27H48O4S. The van der Waals surface area contributed by atoms with Crippen molar-refractivity contribution < 1.29 is 18.5 Å². The fourth-order valence-electron chi connectivity index (χ4n) is 7.14. The molecule has 7 atom stereocenters. The number of Topliss-reactive ketones (excluding diaryl/α,β-unsaturated/α-hetero) is 1. The van der Waals surface area contributed by atoms with E-state index in [1.54, 1.807) is 0 Å². The van der Waals surface area contributed by atoms with Crippen LogP contribution >= 0.6 is 12.9 Å². The molecule has 4 nitrogen and oxygen atoms in total. The van der Waals surface area contributed by atoms with E-state index in [9.17, 15) is 4.79 Å². The van der Waals surface area contributed by atoms with Gasteiger partial charge in [-0.25, -0.2) is 0 Å². The first kappa shape index (κ1) is 26.5. The first-order chi connectivity index (χ1) is 15.4.